The molecule has 1 aliphatic rings. The fourth-order valence-corrected chi connectivity index (χ4v) is 2.78. The Morgan fingerprint density at radius 2 is 2.11 bits per heavy atom. The Kier molecular flexibility index (Phi) is 5.86. The van der Waals surface area contributed by atoms with Gasteiger partial charge in [0.25, 0.3) is 0 Å². The van der Waals surface area contributed by atoms with Crippen molar-refractivity contribution in [2.45, 2.75) is 51.4 Å². The summed E-state index contributed by atoms with van der Waals surface area (Å²) in [6.45, 7) is 0.695. The van der Waals surface area contributed by atoms with E-state index in [1.54, 1.807) is 6.20 Å². The topological polar surface area (TPSA) is 42.0 Å². The van der Waals surface area contributed by atoms with Crippen molar-refractivity contribution in [1.29, 1.82) is 0 Å². The first-order valence-electron chi connectivity index (χ1n) is 7.51. The zero-order chi connectivity index (χ0) is 13.3. The minimum absolute atomic E-state index is 0.196. The SMILES string of the molecule is O=C(CCC1CCCCC1)NCCc1ccccn1. The Hall–Kier alpha value is -1.38. The first kappa shape index (κ1) is 14.0. The van der Waals surface area contributed by atoms with Crippen molar-refractivity contribution in [3.63, 3.8) is 0 Å². The highest BCUT2D eigenvalue weighted by molar-refractivity contribution is 5.75. The molecular weight excluding hydrogens is 236 g/mol. The zero-order valence-corrected chi connectivity index (χ0v) is 11.6. The van der Waals surface area contributed by atoms with Crippen molar-refractivity contribution in [2.75, 3.05) is 6.54 Å². The lowest BCUT2D eigenvalue weighted by atomic mass is 9.86. The average molecular weight is 260 g/mol. The van der Waals surface area contributed by atoms with Crippen LogP contribution < -0.4 is 5.32 Å². The summed E-state index contributed by atoms with van der Waals surface area (Å²) in [5, 5.41) is 2.99. The van der Waals surface area contributed by atoms with Gasteiger partial charge in [0.2, 0.25) is 5.91 Å². The quantitative estimate of drug-likeness (QED) is 0.854. The van der Waals surface area contributed by atoms with Gasteiger partial charge in [-0.3, -0.25) is 9.78 Å². The molecule has 0 radical (unpaired) electrons. The molecule has 1 aromatic heterocycles. The molecule has 1 saturated carbocycles. The normalized spacial score (nSPS) is 16.2. The molecule has 104 valence electrons. The van der Waals surface area contributed by atoms with Crippen molar-refractivity contribution in [3.8, 4) is 0 Å². The predicted molar refractivity (Wildman–Crippen MR) is 76.8 cm³/mol. The van der Waals surface area contributed by atoms with Gasteiger partial charge in [0, 0.05) is 31.3 Å². The van der Waals surface area contributed by atoms with Gasteiger partial charge in [0.15, 0.2) is 0 Å². The van der Waals surface area contributed by atoms with Crippen LogP contribution in [0.1, 0.15) is 50.6 Å². The van der Waals surface area contributed by atoms with Crippen molar-refractivity contribution >= 4 is 5.91 Å². The first-order valence-corrected chi connectivity index (χ1v) is 7.51. The molecule has 1 aliphatic carbocycles. The molecule has 0 aromatic carbocycles. The third-order valence-corrected chi connectivity index (χ3v) is 3.93. The average Bonchev–Trinajstić information content (AvgIpc) is 2.47. The largest absolute Gasteiger partial charge is 0.356 e. The van der Waals surface area contributed by atoms with Crippen molar-refractivity contribution < 1.29 is 4.79 Å². The summed E-state index contributed by atoms with van der Waals surface area (Å²) in [5.74, 6) is 0.983. The van der Waals surface area contributed by atoms with E-state index in [2.05, 4.69) is 10.3 Å². The molecule has 19 heavy (non-hydrogen) atoms. The minimum atomic E-state index is 0.196. The number of nitrogens with zero attached hydrogens (tertiary/aromatic N) is 1. The maximum Gasteiger partial charge on any atom is 0.220 e. The molecule has 0 atom stereocenters. The number of carbonyl (C=O) groups is 1. The Bertz CT molecular complexity index is 372. The fourth-order valence-electron chi connectivity index (χ4n) is 2.78. The van der Waals surface area contributed by atoms with Gasteiger partial charge < -0.3 is 5.32 Å². The third-order valence-electron chi connectivity index (χ3n) is 3.93. The van der Waals surface area contributed by atoms with Gasteiger partial charge >= 0.3 is 0 Å². The molecule has 3 nitrogen and oxygen atoms in total. The van der Waals surface area contributed by atoms with Crippen LogP contribution in [0.3, 0.4) is 0 Å². The lowest BCUT2D eigenvalue weighted by Gasteiger charge is -2.20. The molecule has 2 rings (SSSR count). The number of amides is 1. The van der Waals surface area contributed by atoms with Crippen LogP contribution in [-0.4, -0.2) is 17.4 Å². The number of pyridine rings is 1. The number of aromatic nitrogens is 1. The summed E-state index contributed by atoms with van der Waals surface area (Å²) < 4.78 is 0. The van der Waals surface area contributed by atoms with Crippen LogP contribution in [-0.2, 0) is 11.2 Å². The third kappa shape index (κ3) is 5.41. The highest BCUT2D eigenvalue weighted by Gasteiger charge is 2.14. The molecule has 1 heterocycles. The van der Waals surface area contributed by atoms with E-state index in [9.17, 15) is 4.79 Å². The molecule has 0 bridgehead atoms. The van der Waals surface area contributed by atoms with Gasteiger partial charge in [-0.1, -0.05) is 38.2 Å². The van der Waals surface area contributed by atoms with Gasteiger partial charge in [-0.15, -0.1) is 0 Å². The van der Waals surface area contributed by atoms with Gasteiger partial charge in [0.05, 0.1) is 0 Å². The van der Waals surface area contributed by atoms with Crippen molar-refractivity contribution in [1.82, 2.24) is 10.3 Å². The molecular formula is C16H24N2O. The molecule has 1 amide bonds. The Labute approximate surface area is 115 Å². The van der Waals surface area contributed by atoms with Crippen LogP contribution in [0.15, 0.2) is 24.4 Å². The molecule has 0 aliphatic heterocycles. The fraction of sp³-hybridized carbons (Fsp3) is 0.625. The highest BCUT2D eigenvalue weighted by Crippen LogP contribution is 2.27. The van der Waals surface area contributed by atoms with Crippen LogP contribution in [0.5, 0.6) is 0 Å². The summed E-state index contributed by atoms with van der Waals surface area (Å²) in [6.07, 6.45) is 11.1. The molecule has 0 spiro atoms. The van der Waals surface area contributed by atoms with E-state index in [1.165, 1.54) is 32.1 Å². The molecule has 0 saturated heterocycles. The summed E-state index contributed by atoms with van der Waals surface area (Å²) in [7, 11) is 0. The first-order chi connectivity index (χ1) is 9.34. The van der Waals surface area contributed by atoms with Crippen molar-refractivity contribution in [3.05, 3.63) is 30.1 Å². The van der Waals surface area contributed by atoms with Crippen LogP contribution in [0.25, 0.3) is 0 Å². The summed E-state index contributed by atoms with van der Waals surface area (Å²) in [4.78, 5) is 16.0. The smallest absolute Gasteiger partial charge is 0.220 e. The van der Waals surface area contributed by atoms with E-state index in [4.69, 9.17) is 0 Å². The second-order valence-corrected chi connectivity index (χ2v) is 5.46. The summed E-state index contributed by atoms with van der Waals surface area (Å²) in [5.41, 5.74) is 1.04. The van der Waals surface area contributed by atoms with Gasteiger partial charge in [-0.25, -0.2) is 0 Å². The standard InChI is InChI=1S/C16H24N2O/c19-16(10-9-14-6-2-1-3-7-14)18-13-11-15-8-4-5-12-17-15/h4-5,8,12,14H,1-3,6-7,9-11,13H2,(H,18,19). The second kappa shape index (κ2) is 7.93. The number of carbonyl (C=O) groups excluding carboxylic acids is 1. The van der Waals surface area contributed by atoms with E-state index < -0.39 is 0 Å². The lowest BCUT2D eigenvalue weighted by Crippen LogP contribution is -2.26. The van der Waals surface area contributed by atoms with Crippen LogP contribution in [0.2, 0.25) is 0 Å². The Balaban J connectivity index is 1.57. The van der Waals surface area contributed by atoms with Gasteiger partial charge in [-0.2, -0.15) is 0 Å². The van der Waals surface area contributed by atoms with Crippen LogP contribution in [0, 0.1) is 5.92 Å². The van der Waals surface area contributed by atoms with Crippen molar-refractivity contribution in [2.24, 2.45) is 5.92 Å². The van der Waals surface area contributed by atoms with E-state index >= 15 is 0 Å². The number of rotatable bonds is 6. The molecule has 3 heteroatoms. The Morgan fingerprint density at radius 1 is 1.26 bits per heavy atom. The predicted octanol–water partition coefficient (Wildman–Crippen LogP) is 3.10. The number of nitrogens with one attached hydrogen (secondary N) is 1. The van der Waals surface area contributed by atoms with Crippen LogP contribution in [0.4, 0.5) is 0 Å². The van der Waals surface area contributed by atoms with E-state index in [1.807, 2.05) is 18.2 Å². The summed E-state index contributed by atoms with van der Waals surface area (Å²) >= 11 is 0. The molecule has 0 unspecified atom stereocenters. The molecule has 1 fully saturated rings. The number of hydrogen-bond acceptors (Lipinski definition) is 2. The van der Waals surface area contributed by atoms with E-state index in [0.29, 0.717) is 13.0 Å². The van der Waals surface area contributed by atoms with Gasteiger partial charge in [-0.05, 0) is 24.5 Å². The monoisotopic (exact) mass is 260 g/mol. The lowest BCUT2D eigenvalue weighted by molar-refractivity contribution is -0.121. The van der Waals surface area contributed by atoms with Gasteiger partial charge in [0.1, 0.15) is 0 Å². The van der Waals surface area contributed by atoms with E-state index in [-0.39, 0.29) is 5.91 Å². The Morgan fingerprint density at radius 3 is 2.84 bits per heavy atom. The minimum Gasteiger partial charge on any atom is -0.356 e. The van der Waals surface area contributed by atoms with Crippen LogP contribution >= 0.6 is 0 Å². The second-order valence-electron chi connectivity index (χ2n) is 5.46. The molecule has 1 aromatic rings. The van der Waals surface area contributed by atoms with E-state index in [0.717, 1.165) is 24.5 Å². The number of hydrogen-bond donors (Lipinski definition) is 1. The summed E-state index contributed by atoms with van der Waals surface area (Å²) in [6, 6.07) is 5.88. The highest BCUT2D eigenvalue weighted by atomic mass is 16.1. The zero-order valence-electron chi connectivity index (χ0n) is 11.6. The molecule has 1 N–H and O–H groups in total. The maximum atomic E-state index is 11.7. The maximum absolute atomic E-state index is 11.7.